The number of carbonyl (C=O) groups excluding carboxylic acids is 1. The fourth-order valence-electron chi connectivity index (χ4n) is 1.60. The Balaban J connectivity index is 2.31. The van der Waals surface area contributed by atoms with Gasteiger partial charge in [-0.3, -0.25) is 4.79 Å². The second-order valence-corrected chi connectivity index (χ2v) is 4.77. The molecular formula is C14H20BrNO3. The normalized spacial score (nSPS) is 10.2. The summed E-state index contributed by atoms with van der Waals surface area (Å²) in [5, 5.41) is 0.766. The minimum atomic E-state index is 0.0902. The number of hydrogen-bond acceptors (Lipinski definition) is 3. The molecule has 0 unspecified atom stereocenters. The number of rotatable bonds is 9. The van der Waals surface area contributed by atoms with E-state index in [2.05, 4.69) is 15.9 Å². The van der Waals surface area contributed by atoms with Gasteiger partial charge >= 0.3 is 0 Å². The van der Waals surface area contributed by atoms with Crippen molar-refractivity contribution >= 4 is 21.8 Å². The van der Waals surface area contributed by atoms with E-state index in [1.54, 1.807) is 12.0 Å². The summed E-state index contributed by atoms with van der Waals surface area (Å²) in [5.74, 6) is 0.881. The first-order valence-electron chi connectivity index (χ1n) is 6.28. The van der Waals surface area contributed by atoms with Gasteiger partial charge < -0.3 is 14.4 Å². The highest BCUT2D eigenvalue weighted by Crippen LogP contribution is 2.08. The molecule has 5 heteroatoms. The van der Waals surface area contributed by atoms with Crippen LogP contribution in [0.25, 0.3) is 0 Å². The van der Waals surface area contributed by atoms with Gasteiger partial charge in [0.25, 0.3) is 0 Å². The monoisotopic (exact) mass is 329 g/mol. The van der Waals surface area contributed by atoms with Crippen molar-refractivity contribution in [3.63, 3.8) is 0 Å². The van der Waals surface area contributed by atoms with E-state index in [4.69, 9.17) is 9.47 Å². The lowest BCUT2D eigenvalue weighted by Gasteiger charge is -2.21. The van der Waals surface area contributed by atoms with Gasteiger partial charge in [0.2, 0.25) is 5.91 Å². The first-order valence-corrected chi connectivity index (χ1v) is 7.40. The summed E-state index contributed by atoms with van der Waals surface area (Å²) in [4.78, 5) is 13.8. The third-order valence-electron chi connectivity index (χ3n) is 2.60. The van der Waals surface area contributed by atoms with Crippen molar-refractivity contribution in [1.82, 2.24) is 4.90 Å². The molecule has 19 heavy (non-hydrogen) atoms. The smallest absolute Gasteiger partial charge is 0.226 e. The third-order valence-corrected chi connectivity index (χ3v) is 2.95. The first-order chi connectivity index (χ1) is 9.27. The summed E-state index contributed by atoms with van der Waals surface area (Å²) in [6.45, 7) is 2.26. The van der Waals surface area contributed by atoms with Crippen molar-refractivity contribution < 1.29 is 14.3 Å². The fraction of sp³-hybridized carbons (Fsp3) is 0.500. The molecule has 1 rings (SSSR count). The van der Waals surface area contributed by atoms with Crippen LogP contribution in [0.5, 0.6) is 5.75 Å². The number of hydrogen-bond donors (Lipinski definition) is 0. The maximum absolute atomic E-state index is 12.0. The van der Waals surface area contributed by atoms with Crippen LogP contribution in [0.15, 0.2) is 30.3 Å². The quantitative estimate of drug-likeness (QED) is 0.653. The number of amides is 1. The molecule has 0 bridgehead atoms. The Hall–Kier alpha value is -1.07. The van der Waals surface area contributed by atoms with E-state index in [1.165, 1.54) is 0 Å². The van der Waals surface area contributed by atoms with E-state index in [0.717, 1.165) is 11.1 Å². The van der Waals surface area contributed by atoms with Gasteiger partial charge in [-0.2, -0.15) is 0 Å². The zero-order chi connectivity index (χ0) is 13.9. The van der Waals surface area contributed by atoms with E-state index in [1.807, 2.05) is 30.3 Å². The predicted octanol–water partition coefficient (Wildman–Crippen LogP) is 2.33. The van der Waals surface area contributed by atoms with Crippen LogP contribution in [0.1, 0.15) is 6.42 Å². The summed E-state index contributed by atoms with van der Waals surface area (Å²) in [5.41, 5.74) is 0. The number of halogens is 1. The van der Waals surface area contributed by atoms with Crippen LogP contribution in [0, 0.1) is 0 Å². The number of nitrogens with zero attached hydrogens (tertiary/aromatic N) is 1. The lowest BCUT2D eigenvalue weighted by molar-refractivity contribution is -0.132. The number of benzene rings is 1. The number of carbonyl (C=O) groups is 1. The lowest BCUT2D eigenvalue weighted by Crippen LogP contribution is -2.36. The molecule has 0 spiro atoms. The standard InChI is InChI=1S/C14H20BrNO3/c1-18-12-10-16(9-8-15)14(17)7-11-19-13-5-3-2-4-6-13/h2-6H,7-12H2,1H3. The second kappa shape index (κ2) is 9.81. The van der Waals surface area contributed by atoms with Gasteiger partial charge in [-0.05, 0) is 12.1 Å². The number of alkyl halides is 1. The van der Waals surface area contributed by atoms with Crippen LogP contribution < -0.4 is 4.74 Å². The molecule has 0 saturated heterocycles. The van der Waals surface area contributed by atoms with Crippen molar-refractivity contribution in [3.05, 3.63) is 30.3 Å². The van der Waals surface area contributed by atoms with Crippen LogP contribution in [0.4, 0.5) is 0 Å². The van der Waals surface area contributed by atoms with Crippen LogP contribution in [0.2, 0.25) is 0 Å². The highest BCUT2D eigenvalue weighted by atomic mass is 79.9. The predicted molar refractivity (Wildman–Crippen MR) is 78.8 cm³/mol. The van der Waals surface area contributed by atoms with Crippen LogP contribution >= 0.6 is 15.9 Å². The molecule has 0 radical (unpaired) electrons. The lowest BCUT2D eigenvalue weighted by atomic mass is 10.3. The van der Waals surface area contributed by atoms with Gasteiger partial charge in [-0.1, -0.05) is 34.1 Å². The van der Waals surface area contributed by atoms with Gasteiger partial charge in [0.15, 0.2) is 0 Å². The fourth-order valence-corrected chi connectivity index (χ4v) is 2.02. The molecule has 0 aromatic heterocycles. The van der Waals surface area contributed by atoms with E-state index in [9.17, 15) is 4.79 Å². The molecule has 1 aromatic carbocycles. The molecule has 0 aliphatic heterocycles. The molecule has 1 amide bonds. The minimum Gasteiger partial charge on any atom is -0.493 e. The summed E-state index contributed by atoms with van der Waals surface area (Å²) < 4.78 is 10.5. The first kappa shape index (κ1) is 16.0. The molecule has 4 nitrogen and oxygen atoms in total. The average Bonchev–Trinajstić information content (AvgIpc) is 2.44. The minimum absolute atomic E-state index is 0.0902. The Bertz CT molecular complexity index is 359. The van der Waals surface area contributed by atoms with E-state index >= 15 is 0 Å². The summed E-state index contributed by atoms with van der Waals surface area (Å²) >= 11 is 3.35. The van der Waals surface area contributed by atoms with Crippen LogP contribution in [-0.2, 0) is 9.53 Å². The Morgan fingerprint density at radius 2 is 1.95 bits per heavy atom. The van der Waals surface area contributed by atoms with Crippen LogP contribution in [0.3, 0.4) is 0 Å². The second-order valence-electron chi connectivity index (χ2n) is 3.97. The summed E-state index contributed by atoms with van der Waals surface area (Å²) in [6, 6.07) is 9.51. The third kappa shape index (κ3) is 6.59. The summed E-state index contributed by atoms with van der Waals surface area (Å²) in [7, 11) is 1.63. The zero-order valence-electron chi connectivity index (χ0n) is 11.2. The Morgan fingerprint density at radius 1 is 1.21 bits per heavy atom. The van der Waals surface area contributed by atoms with E-state index in [0.29, 0.717) is 32.7 Å². The van der Waals surface area contributed by atoms with Crippen molar-refractivity contribution in [2.45, 2.75) is 6.42 Å². The highest BCUT2D eigenvalue weighted by molar-refractivity contribution is 9.09. The van der Waals surface area contributed by atoms with Crippen LogP contribution in [-0.4, -0.2) is 49.6 Å². The molecule has 0 heterocycles. The molecule has 0 N–H and O–H groups in total. The molecule has 0 aliphatic rings. The molecule has 106 valence electrons. The van der Waals surface area contributed by atoms with Gasteiger partial charge in [-0.25, -0.2) is 0 Å². The summed E-state index contributed by atoms with van der Waals surface area (Å²) in [6.07, 6.45) is 0.381. The SMILES string of the molecule is COCCN(CCBr)C(=O)CCOc1ccccc1. The van der Waals surface area contributed by atoms with Gasteiger partial charge in [0.05, 0.1) is 19.6 Å². The topological polar surface area (TPSA) is 38.8 Å². The average molecular weight is 330 g/mol. The largest absolute Gasteiger partial charge is 0.493 e. The molecule has 0 aliphatic carbocycles. The van der Waals surface area contributed by atoms with Gasteiger partial charge in [0, 0.05) is 25.5 Å². The Kier molecular flexibility index (Phi) is 8.25. The molecule has 0 fully saturated rings. The van der Waals surface area contributed by atoms with Crippen molar-refractivity contribution in [3.8, 4) is 5.75 Å². The Labute approximate surface area is 122 Å². The van der Waals surface area contributed by atoms with Crippen molar-refractivity contribution in [2.24, 2.45) is 0 Å². The molecule has 0 saturated carbocycles. The van der Waals surface area contributed by atoms with Crippen molar-refractivity contribution in [2.75, 3.05) is 38.7 Å². The van der Waals surface area contributed by atoms with E-state index in [-0.39, 0.29) is 5.91 Å². The highest BCUT2D eigenvalue weighted by Gasteiger charge is 2.12. The zero-order valence-corrected chi connectivity index (χ0v) is 12.8. The van der Waals surface area contributed by atoms with Gasteiger partial charge in [0.1, 0.15) is 5.75 Å². The number of methoxy groups -OCH3 is 1. The molecule has 0 atom stereocenters. The van der Waals surface area contributed by atoms with Gasteiger partial charge in [-0.15, -0.1) is 0 Å². The van der Waals surface area contributed by atoms with E-state index < -0.39 is 0 Å². The molecule has 1 aromatic rings. The molecular weight excluding hydrogens is 310 g/mol. The maximum Gasteiger partial charge on any atom is 0.226 e. The van der Waals surface area contributed by atoms with Crippen molar-refractivity contribution in [1.29, 1.82) is 0 Å². The Morgan fingerprint density at radius 3 is 2.58 bits per heavy atom. The number of para-hydroxylation sites is 1. The number of ether oxygens (including phenoxy) is 2. The maximum atomic E-state index is 12.0.